The molecule has 3 heterocycles. The van der Waals surface area contributed by atoms with Crippen LogP contribution in [0.2, 0.25) is 0 Å². The third-order valence-corrected chi connectivity index (χ3v) is 3.72. The molecule has 0 bridgehead atoms. The topological polar surface area (TPSA) is 96.7 Å². The molecular formula is C15H15FN4O4. The SMILES string of the molecule is C=Cn1cc(OC(=O)O)c(=O)c2cc(F)c(N3CCNCC3)nc21. The molecule has 24 heavy (non-hydrogen) atoms. The molecule has 0 radical (unpaired) electrons. The van der Waals surface area contributed by atoms with Crippen LogP contribution in [0.25, 0.3) is 17.2 Å². The molecule has 0 unspecified atom stereocenters. The highest BCUT2D eigenvalue weighted by Crippen LogP contribution is 2.23. The number of pyridine rings is 2. The van der Waals surface area contributed by atoms with E-state index < -0.39 is 23.2 Å². The van der Waals surface area contributed by atoms with Crippen LogP contribution >= 0.6 is 0 Å². The second kappa shape index (κ2) is 6.28. The van der Waals surface area contributed by atoms with E-state index in [-0.39, 0.29) is 16.9 Å². The van der Waals surface area contributed by atoms with Crippen LogP contribution in [-0.2, 0) is 0 Å². The Labute approximate surface area is 135 Å². The van der Waals surface area contributed by atoms with Crippen LogP contribution in [0.15, 0.2) is 23.6 Å². The van der Waals surface area contributed by atoms with Crippen molar-refractivity contribution in [2.75, 3.05) is 31.1 Å². The Morgan fingerprint density at radius 3 is 2.79 bits per heavy atom. The minimum absolute atomic E-state index is 0.0787. The van der Waals surface area contributed by atoms with Gasteiger partial charge in [-0.05, 0) is 6.07 Å². The Kier molecular flexibility index (Phi) is 4.17. The number of rotatable bonds is 3. The molecule has 9 heteroatoms. The lowest BCUT2D eigenvalue weighted by molar-refractivity contribution is 0.144. The van der Waals surface area contributed by atoms with Crippen molar-refractivity contribution < 1.29 is 19.0 Å². The first-order valence-corrected chi connectivity index (χ1v) is 7.25. The molecule has 8 nitrogen and oxygen atoms in total. The molecule has 2 aromatic heterocycles. The first-order valence-electron chi connectivity index (χ1n) is 7.25. The fraction of sp³-hybridized carbons (Fsp3) is 0.267. The average molecular weight is 334 g/mol. The number of anilines is 1. The first kappa shape index (κ1) is 15.9. The lowest BCUT2D eigenvalue weighted by atomic mass is 10.2. The maximum Gasteiger partial charge on any atom is 0.511 e. The zero-order chi connectivity index (χ0) is 17.3. The number of nitrogens with one attached hydrogen (secondary N) is 1. The van der Waals surface area contributed by atoms with Crippen molar-refractivity contribution in [3.8, 4) is 5.75 Å². The third kappa shape index (κ3) is 2.81. The number of aromatic nitrogens is 2. The van der Waals surface area contributed by atoms with Crippen LogP contribution in [0, 0.1) is 5.82 Å². The number of hydrogen-bond donors (Lipinski definition) is 2. The van der Waals surface area contributed by atoms with Crippen molar-refractivity contribution in [1.82, 2.24) is 14.9 Å². The molecule has 2 aromatic rings. The molecule has 0 amide bonds. The summed E-state index contributed by atoms with van der Waals surface area (Å²) in [6, 6.07) is 1.05. The Bertz CT molecular complexity index is 874. The van der Waals surface area contributed by atoms with Gasteiger partial charge >= 0.3 is 6.16 Å². The predicted octanol–water partition coefficient (Wildman–Crippen LogP) is 1.10. The van der Waals surface area contributed by atoms with Gasteiger partial charge < -0.3 is 24.6 Å². The number of carboxylic acid groups (broad SMARTS) is 1. The number of piperazine rings is 1. The van der Waals surface area contributed by atoms with Crippen LogP contribution in [0.1, 0.15) is 0 Å². The van der Waals surface area contributed by atoms with Crippen LogP contribution in [0.3, 0.4) is 0 Å². The van der Waals surface area contributed by atoms with Gasteiger partial charge in [-0.2, -0.15) is 0 Å². The smallest absolute Gasteiger partial charge is 0.449 e. The second-order valence-electron chi connectivity index (χ2n) is 5.18. The number of carbonyl (C=O) groups is 1. The number of hydrogen-bond acceptors (Lipinski definition) is 6. The molecular weight excluding hydrogens is 319 g/mol. The van der Waals surface area contributed by atoms with Crippen LogP contribution in [0.4, 0.5) is 15.0 Å². The molecule has 2 N–H and O–H groups in total. The van der Waals surface area contributed by atoms with Gasteiger partial charge in [0.1, 0.15) is 0 Å². The summed E-state index contributed by atoms with van der Waals surface area (Å²) in [6.45, 7) is 6.19. The van der Waals surface area contributed by atoms with E-state index in [2.05, 4.69) is 21.6 Å². The highest BCUT2D eigenvalue weighted by molar-refractivity contribution is 5.81. The zero-order valence-corrected chi connectivity index (χ0v) is 12.7. The third-order valence-electron chi connectivity index (χ3n) is 3.72. The Hall–Kier alpha value is -2.94. The van der Waals surface area contributed by atoms with Crippen molar-refractivity contribution in [1.29, 1.82) is 0 Å². The van der Waals surface area contributed by atoms with Gasteiger partial charge in [-0.15, -0.1) is 0 Å². The highest BCUT2D eigenvalue weighted by atomic mass is 19.1. The molecule has 1 saturated heterocycles. The monoisotopic (exact) mass is 334 g/mol. The normalized spacial score (nSPS) is 14.6. The lowest BCUT2D eigenvalue weighted by Gasteiger charge is -2.28. The van der Waals surface area contributed by atoms with Crippen molar-refractivity contribution in [2.45, 2.75) is 0 Å². The molecule has 0 spiro atoms. The van der Waals surface area contributed by atoms with Crippen LogP contribution < -0.4 is 20.4 Å². The maximum atomic E-state index is 14.5. The molecule has 126 valence electrons. The maximum absolute atomic E-state index is 14.5. The summed E-state index contributed by atoms with van der Waals surface area (Å²) in [5.41, 5.74) is -0.563. The molecule has 0 aliphatic carbocycles. The van der Waals surface area contributed by atoms with E-state index in [1.54, 1.807) is 4.90 Å². The van der Waals surface area contributed by atoms with Crippen LogP contribution in [-0.4, -0.2) is 47.0 Å². The lowest BCUT2D eigenvalue weighted by Crippen LogP contribution is -2.44. The van der Waals surface area contributed by atoms with Gasteiger partial charge in [-0.3, -0.25) is 4.79 Å². The fourth-order valence-corrected chi connectivity index (χ4v) is 2.62. The summed E-state index contributed by atoms with van der Waals surface area (Å²) in [7, 11) is 0. The molecule has 3 rings (SSSR count). The van der Waals surface area contributed by atoms with Gasteiger partial charge in [0.2, 0.25) is 5.43 Å². The molecule has 1 aliphatic rings. The number of fused-ring (bicyclic) bond motifs is 1. The molecule has 1 fully saturated rings. The van der Waals surface area contributed by atoms with Crippen molar-refractivity contribution in [2.24, 2.45) is 0 Å². The average Bonchev–Trinajstić information content (AvgIpc) is 2.57. The summed E-state index contributed by atoms with van der Waals surface area (Å²) >= 11 is 0. The standard InChI is InChI=1S/C15H15FN4O4/c1-2-19-8-11(24-15(22)23)12(21)9-7-10(16)14(18-13(9)19)20-5-3-17-4-6-20/h2,7-8,17H,1,3-6H2,(H,22,23). The van der Waals surface area contributed by atoms with Crippen molar-refractivity contribution in [3.05, 3.63) is 34.9 Å². The van der Waals surface area contributed by atoms with E-state index in [1.807, 2.05) is 0 Å². The van der Waals surface area contributed by atoms with E-state index in [9.17, 15) is 14.0 Å². The van der Waals surface area contributed by atoms with E-state index in [1.165, 1.54) is 10.8 Å². The summed E-state index contributed by atoms with van der Waals surface area (Å²) < 4.78 is 20.2. The molecule has 1 aliphatic heterocycles. The molecule has 0 aromatic carbocycles. The number of ether oxygens (including phenoxy) is 1. The van der Waals surface area contributed by atoms with Crippen molar-refractivity contribution >= 4 is 29.2 Å². The van der Waals surface area contributed by atoms with Gasteiger partial charge in [0.15, 0.2) is 23.0 Å². The van der Waals surface area contributed by atoms with Gasteiger partial charge in [-0.25, -0.2) is 14.2 Å². The van der Waals surface area contributed by atoms with E-state index in [4.69, 9.17) is 5.11 Å². The number of nitrogens with zero attached hydrogens (tertiary/aromatic N) is 3. The summed E-state index contributed by atoms with van der Waals surface area (Å²) in [6.07, 6.45) is 0.870. The van der Waals surface area contributed by atoms with Gasteiger partial charge in [-0.1, -0.05) is 6.58 Å². The Balaban J connectivity index is 2.20. The fourth-order valence-electron chi connectivity index (χ4n) is 2.62. The van der Waals surface area contributed by atoms with E-state index >= 15 is 0 Å². The minimum Gasteiger partial charge on any atom is -0.449 e. The van der Waals surface area contributed by atoms with Crippen molar-refractivity contribution in [3.63, 3.8) is 0 Å². The summed E-state index contributed by atoms with van der Waals surface area (Å²) in [4.78, 5) is 29.0. The Morgan fingerprint density at radius 2 is 2.17 bits per heavy atom. The van der Waals surface area contributed by atoms with E-state index in [0.29, 0.717) is 26.2 Å². The molecule has 0 saturated carbocycles. The Morgan fingerprint density at radius 1 is 1.46 bits per heavy atom. The first-order chi connectivity index (χ1) is 11.5. The van der Waals surface area contributed by atoms with Crippen LogP contribution in [0.5, 0.6) is 5.75 Å². The van der Waals surface area contributed by atoms with E-state index in [0.717, 1.165) is 12.3 Å². The molecule has 0 atom stereocenters. The highest BCUT2D eigenvalue weighted by Gasteiger charge is 2.20. The summed E-state index contributed by atoms with van der Waals surface area (Å²) in [5, 5.41) is 11.8. The minimum atomic E-state index is -1.63. The predicted molar refractivity (Wildman–Crippen MR) is 86.1 cm³/mol. The van der Waals surface area contributed by atoms with Gasteiger partial charge in [0, 0.05) is 32.4 Å². The van der Waals surface area contributed by atoms with Gasteiger partial charge in [0.05, 0.1) is 11.6 Å². The second-order valence-corrected chi connectivity index (χ2v) is 5.18. The zero-order valence-electron chi connectivity index (χ0n) is 12.7. The van der Waals surface area contributed by atoms with Gasteiger partial charge in [0.25, 0.3) is 0 Å². The summed E-state index contributed by atoms with van der Waals surface area (Å²) in [5.74, 6) is -0.943. The number of halogens is 1. The largest absolute Gasteiger partial charge is 0.511 e. The quantitative estimate of drug-likeness (QED) is 0.811.